The Hall–Kier alpha value is -1.61. The van der Waals surface area contributed by atoms with Gasteiger partial charge in [0.2, 0.25) is 0 Å². The first-order valence-corrected chi connectivity index (χ1v) is 7.93. The van der Waals surface area contributed by atoms with Crippen molar-refractivity contribution >= 4 is 28.6 Å². The maximum absolute atomic E-state index is 12.3. The number of hydrogen-bond donors (Lipinski definition) is 1. The fourth-order valence-electron chi connectivity index (χ4n) is 1.75. The third-order valence-corrected chi connectivity index (χ3v) is 4.71. The van der Waals surface area contributed by atoms with E-state index >= 15 is 0 Å². The average Bonchev–Trinajstić information content (AvgIpc) is 3.04. The Morgan fingerprint density at radius 3 is 2.90 bits per heavy atom. The van der Waals surface area contributed by atoms with Gasteiger partial charge in [0.05, 0.1) is 18.0 Å². The van der Waals surface area contributed by atoms with Gasteiger partial charge in [0.25, 0.3) is 5.91 Å². The molecule has 104 valence electrons. The molecule has 2 aromatic heterocycles. The number of aryl methyl sites for hydroxylation is 1. The summed E-state index contributed by atoms with van der Waals surface area (Å²) in [4.78, 5) is 16.0. The van der Waals surface area contributed by atoms with E-state index in [1.54, 1.807) is 16.2 Å². The van der Waals surface area contributed by atoms with E-state index in [0.717, 1.165) is 20.9 Å². The zero-order valence-electron chi connectivity index (χ0n) is 11.5. The van der Waals surface area contributed by atoms with Crippen LogP contribution in [0.3, 0.4) is 0 Å². The van der Waals surface area contributed by atoms with Crippen molar-refractivity contribution in [3.8, 4) is 11.8 Å². The molecular weight excluding hydrogens is 288 g/mol. The SMILES string of the molecule is Cc1ccsc1C(=O)N(C)Cc1cc(C#CCN)cs1. The van der Waals surface area contributed by atoms with Crippen LogP contribution in [0.5, 0.6) is 0 Å². The molecule has 0 radical (unpaired) electrons. The van der Waals surface area contributed by atoms with E-state index in [-0.39, 0.29) is 5.91 Å². The fourth-order valence-corrected chi connectivity index (χ4v) is 3.54. The summed E-state index contributed by atoms with van der Waals surface area (Å²) >= 11 is 3.10. The molecule has 0 bridgehead atoms. The summed E-state index contributed by atoms with van der Waals surface area (Å²) in [5, 5.41) is 3.94. The summed E-state index contributed by atoms with van der Waals surface area (Å²) in [6.45, 7) is 2.93. The minimum absolute atomic E-state index is 0.0699. The molecule has 1 amide bonds. The molecule has 20 heavy (non-hydrogen) atoms. The summed E-state index contributed by atoms with van der Waals surface area (Å²) in [5.41, 5.74) is 7.35. The van der Waals surface area contributed by atoms with Crippen LogP contribution in [-0.2, 0) is 6.54 Å². The molecule has 0 aliphatic carbocycles. The van der Waals surface area contributed by atoms with Gasteiger partial charge in [-0.25, -0.2) is 0 Å². The molecule has 3 nitrogen and oxygen atoms in total. The first-order valence-electron chi connectivity index (χ1n) is 6.17. The van der Waals surface area contributed by atoms with Gasteiger partial charge >= 0.3 is 0 Å². The second-order valence-electron chi connectivity index (χ2n) is 4.40. The van der Waals surface area contributed by atoms with E-state index in [4.69, 9.17) is 5.73 Å². The smallest absolute Gasteiger partial charge is 0.264 e. The summed E-state index contributed by atoms with van der Waals surface area (Å²) < 4.78 is 0. The van der Waals surface area contributed by atoms with Crippen molar-refractivity contribution in [1.82, 2.24) is 4.90 Å². The molecule has 2 aromatic rings. The number of thiophene rings is 2. The average molecular weight is 304 g/mol. The highest BCUT2D eigenvalue weighted by Crippen LogP contribution is 2.20. The summed E-state index contributed by atoms with van der Waals surface area (Å²) in [7, 11) is 1.83. The van der Waals surface area contributed by atoms with E-state index < -0.39 is 0 Å². The topological polar surface area (TPSA) is 46.3 Å². The predicted octanol–water partition coefficient (Wildman–Crippen LogP) is 2.70. The van der Waals surface area contributed by atoms with Crippen LogP contribution in [0.25, 0.3) is 0 Å². The van der Waals surface area contributed by atoms with Gasteiger partial charge in [-0.3, -0.25) is 4.79 Å². The van der Waals surface area contributed by atoms with Crippen molar-refractivity contribution in [1.29, 1.82) is 0 Å². The lowest BCUT2D eigenvalue weighted by Gasteiger charge is -2.15. The van der Waals surface area contributed by atoms with Crippen LogP contribution in [0.4, 0.5) is 0 Å². The summed E-state index contributed by atoms with van der Waals surface area (Å²) in [6, 6.07) is 3.98. The lowest BCUT2D eigenvalue weighted by Crippen LogP contribution is -2.25. The second-order valence-corrected chi connectivity index (χ2v) is 6.31. The minimum atomic E-state index is 0.0699. The summed E-state index contributed by atoms with van der Waals surface area (Å²) in [6.07, 6.45) is 0. The Balaban J connectivity index is 2.04. The van der Waals surface area contributed by atoms with Gasteiger partial charge in [-0.2, -0.15) is 0 Å². The van der Waals surface area contributed by atoms with Gasteiger partial charge in [-0.1, -0.05) is 11.8 Å². The van der Waals surface area contributed by atoms with Crippen molar-refractivity contribution in [3.05, 3.63) is 43.8 Å². The van der Waals surface area contributed by atoms with E-state index in [9.17, 15) is 4.79 Å². The highest BCUT2D eigenvalue weighted by molar-refractivity contribution is 7.12. The minimum Gasteiger partial charge on any atom is -0.336 e. The maximum Gasteiger partial charge on any atom is 0.264 e. The predicted molar refractivity (Wildman–Crippen MR) is 85.1 cm³/mol. The normalized spacial score (nSPS) is 9.95. The molecule has 0 unspecified atom stereocenters. The van der Waals surface area contributed by atoms with Crippen LogP contribution in [0, 0.1) is 18.8 Å². The lowest BCUT2D eigenvalue weighted by molar-refractivity contribution is 0.0790. The molecular formula is C15H16N2OS2. The van der Waals surface area contributed by atoms with Crippen LogP contribution < -0.4 is 5.73 Å². The van der Waals surface area contributed by atoms with Crippen LogP contribution >= 0.6 is 22.7 Å². The first-order chi connectivity index (χ1) is 9.61. The van der Waals surface area contributed by atoms with Crippen molar-refractivity contribution in [2.45, 2.75) is 13.5 Å². The monoisotopic (exact) mass is 304 g/mol. The molecule has 0 saturated heterocycles. The molecule has 0 atom stereocenters. The van der Waals surface area contributed by atoms with Gasteiger partial charge in [0, 0.05) is 22.9 Å². The maximum atomic E-state index is 12.3. The first kappa shape index (κ1) is 14.8. The number of nitrogens with two attached hydrogens (primary N) is 1. The fraction of sp³-hybridized carbons (Fsp3) is 0.267. The van der Waals surface area contributed by atoms with E-state index in [1.165, 1.54) is 11.3 Å². The Morgan fingerprint density at radius 2 is 2.25 bits per heavy atom. The standard InChI is InChI=1S/C15H16N2OS2/c1-11-5-7-19-14(11)15(18)17(2)9-13-8-12(10-20-13)4-3-6-16/h5,7-8,10H,6,9,16H2,1-2H3. The van der Waals surface area contributed by atoms with Crippen molar-refractivity contribution in [2.24, 2.45) is 5.73 Å². The van der Waals surface area contributed by atoms with Crippen molar-refractivity contribution in [3.63, 3.8) is 0 Å². The van der Waals surface area contributed by atoms with E-state index in [1.807, 2.05) is 36.9 Å². The number of nitrogens with zero attached hydrogens (tertiary/aromatic N) is 1. The Morgan fingerprint density at radius 1 is 1.45 bits per heavy atom. The molecule has 0 aliphatic heterocycles. The molecule has 2 heterocycles. The largest absolute Gasteiger partial charge is 0.336 e. The van der Waals surface area contributed by atoms with E-state index in [0.29, 0.717) is 13.1 Å². The quantitative estimate of drug-likeness (QED) is 0.886. The third kappa shape index (κ3) is 3.48. The van der Waals surface area contributed by atoms with Crippen LogP contribution in [0.1, 0.15) is 25.7 Å². The molecule has 5 heteroatoms. The molecule has 2 N–H and O–H groups in total. The zero-order valence-corrected chi connectivity index (χ0v) is 13.1. The zero-order chi connectivity index (χ0) is 14.5. The summed E-state index contributed by atoms with van der Waals surface area (Å²) in [5.74, 6) is 5.90. The van der Waals surface area contributed by atoms with Gasteiger partial charge in [-0.05, 0) is 30.0 Å². The van der Waals surface area contributed by atoms with Crippen LogP contribution in [-0.4, -0.2) is 24.4 Å². The van der Waals surface area contributed by atoms with Crippen LogP contribution in [0.2, 0.25) is 0 Å². The number of carbonyl (C=O) groups excluding carboxylic acids is 1. The Bertz CT molecular complexity index is 661. The van der Waals surface area contributed by atoms with Gasteiger partial charge in [-0.15, -0.1) is 22.7 Å². The number of carbonyl (C=O) groups is 1. The molecule has 0 aromatic carbocycles. The van der Waals surface area contributed by atoms with Gasteiger partial charge in [0.1, 0.15) is 0 Å². The third-order valence-electron chi connectivity index (χ3n) is 2.78. The highest BCUT2D eigenvalue weighted by Gasteiger charge is 2.16. The molecule has 0 aliphatic rings. The van der Waals surface area contributed by atoms with Crippen molar-refractivity contribution < 1.29 is 4.79 Å². The van der Waals surface area contributed by atoms with Gasteiger partial charge < -0.3 is 10.6 Å². The van der Waals surface area contributed by atoms with Gasteiger partial charge in [0.15, 0.2) is 0 Å². The molecule has 2 rings (SSSR count). The molecule has 0 saturated carbocycles. The van der Waals surface area contributed by atoms with Crippen molar-refractivity contribution in [2.75, 3.05) is 13.6 Å². The highest BCUT2D eigenvalue weighted by atomic mass is 32.1. The second kappa shape index (κ2) is 6.71. The molecule has 0 fully saturated rings. The van der Waals surface area contributed by atoms with E-state index in [2.05, 4.69) is 11.8 Å². The molecule has 0 spiro atoms. The van der Waals surface area contributed by atoms with Crippen LogP contribution in [0.15, 0.2) is 22.9 Å². The Kier molecular flexibility index (Phi) is 4.96. The number of hydrogen-bond acceptors (Lipinski definition) is 4. The Labute approximate surface area is 127 Å². The number of rotatable bonds is 3. The number of amides is 1. The lowest BCUT2D eigenvalue weighted by atomic mass is 10.2.